The Labute approximate surface area is 173 Å². The molecule has 0 amide bonds. The van der Waals surface area contributed by atoms with Crippen molar-refractivity contribution in [2.75, 3.05) is 7.11 Å². The molecule has 0 spiro atoms. The summed E-state index contributed by atoms with van der Waals surface area (Å²) in [6.45, 7) is 0. The molecule has 0 aliphatic rings. The van der Waals surface area contributed by atoms with Gasteiger partial charge in [-0.15, -0.1) is 0 Å². The third kappa shape index (κ3) is 4.05. The van der Waals surface area contributed by atoms with Crippen LogP contribution in [0.15, 0.2) is 72.8 Å². The van der Waals surface area contributed by atoms with Gasteiger partial charge in [-0.25, -0.2) is 9.78 Å². The summed E-state index contributed by atoms with van der Waals surface area (Å²) in [5.41, 5.74) is 3.30. The molecule has 146 valence electrons. The zero-order valence-corrected chi connectivity index (χ0v) is 16.1. The van der Waals surface area contributed by atoms with Crippen LogP contribution >= 0.6 is 0 Å². The standard InChI is InChI=1S/C24H17N3O3/c1-29-19-12-8-17(9-13-19)24(28)30-20-10-6-16(7-11-20)14-18(15-25)23-26-21-4-2-3-5-22(21)27-23/h2-14H,1H3,(H,26,27). The lowest BCUT2D eigenvalue weighted by Gasteiger charge is -2.06. The highest BCUT2D eigenvalue weighted by molar-refractivity contribution is 5.92. The fourth-order valence-corrected chi connectivity index (χ4v) is 2.93. The van der Waals surface area contributed by atoms with Crippen molar-refractivity contribution in [2.45, 2.75) is 0 Å². The second-order valence-electron chi connectivity index (χ2n) is 6.46. The zero-order valence-electron chi connectivity index (χ0n) is 16.1. The molecule has 0 aliphatic carbocycles. The summed E-state index contributed by atoms with van der Waals surface area (Å²) in [6, 6.07) is 23.4. The van der Waals surface area contributed by atoms with E-state index < -0.39 is 5.97 Å². The van der Waals surface area contributed by atoms with Gasteiger partial charge in [-0.05, 0) is 60.2 Å². The molecule has 4 aromatic rings. The van der Waals surface area contributed by atoms with Crippen molar-refractivity contribution >= 4 is 28.7 Å². The molecule has 0 bridgehead atoms. The Hall–Kier alpha value is -4.37. The molecule has 1 aromatic heterocycles. The Morgan fingerprint density at radius 3 is 2.37 bits per heavy atom. The molecule has 0 atom stereocenters. The van der Waals surface area contributed by atoms with Crippen LogP contribution in [-0.2, 0) is 0 Å². The monoisotopic (exact) mass is 395 g/mol. The fraction of sp³-hybridized carbons (Fsp3) is 0.0417. The Morgan fingerprint density at radius 2 is 1.70 bits per heavy atom. The minimum Gasteiger partial charge on any atom is -0.497 e. The number of carbonyl (C=O) groups is 1. The SMILES string of the molecule is COc1ccc(C(=O)Oc2ccc(C=C(C#N)c3nc4ccccc4[nH]3)cc2)cc1. The van der Waals surface area contributed by atoms with Gasteiger partial charge in [-0.3, -0.25) is 0 Å². The molecule has 0 aliphatic heterocycles. The molecule has 0 fully saturated rings. The van der Waals surface area contributed by atoms with Crippen LogP contribution < -0.4 is 9.47 Å². The molecule has 1 N–H and O–H groups in total. The van der Waals surface area contributed by atoms with E-state index in [-0.39, 0.29) is 0 Å². The van der Waals surface area contributed by atoms with Crippen molar-refractivity contribution in [3.8, 4) is 17.6 Å². The fourth-order valence-electron chi connectivity index (χ4n) is 2.93. The summed E-state index contributed by atoms with van der Waals surface area (Å²) < 4.78 is 10.5. The minimum atomic E-state index is -0.457. The van der Waals surface area contributed by atoms with Gasteiger partial charge in [-0.1, -0.05) is 24.3 Å². The number of para-hydroxylation sites is 2. The number of allylic oxidation sites excluding steroid dienone is 1. The molecule has 0 unspecified atom stereocenters. The van der Waals surface area contributed by atoms with Gasteiger partial charge < -0.3 is 14.5 Å². The Morgan fingerprint density at radius 1 is 1.00 bits per heavy atom. The molecule has 6 heteroatoms. The van der Waals surface area contributed by atoms with Crippen LogP contribution in [0.3, 0.4) is 0 Å². The number of nitrogens with zero attached hydrogens (tertiary/aromatic N) is 2. The number of aromatic amines is 1. The smallest absolute Gasteiger partial charge is 0.343 e. The van der Waals surface area contributed by atoms with Crippen molar-refractivity contribution in [1.29, 1.82) is 5.26 Å². The molecule has 30 heavy (non-hydrogen) atoms. The van der Waals surface area contributed by atoms with Gasteiger partial charge >= 0.3 is 5.97 Å². The van der Waals surface area contributed by atoms with Crippen LogP contribution in [0.2, 0.25) is 0 Å². The summed E-state index contributed by atoms with van der Waals surface area (Å²) in [7, 11) is 1.56. The van der Waals surface area contributed by atoms with Crippen LogP contribution in [-0.4, -0.2) is 23.0 Å². The van der Waals surface area contributed by atoms with E-state index in [2.05, 4.69) is 16.0 Å². The number of carbonyl (C=O) groups excluding carboxylic acids is 1. The van der Waals surface area contributed by atoms with Crippen molar-refractivity contribution in [3.63, 3.8) is 0 Å². The Bertz CT molecular complexity index is 1230. The number of benzene rings is 3. The third-order valence-electron chi connectivity index (χ3n) is 4.49. The molecule has 6 nitrogen and oxygen atoms in total. The summed E-state index contributed by atoms with van der Waals surface area (Å²) >= 11 is 0. The molecule has 4 rings (SSSR count). The van der Waals surface area contributed by atoms with E-state index in [1.54, 1.807) is 61.7 Å². The van der Waals surface area contributed by atoms with E-state index in [4.69, 9.17) is 9.47 Å². The van der Waals surface area contributed by atoms with Gasteiger partial charge in [0, 0.05) is 0 Å². The highest BCUT2D eigenvalue weighted by Crippen LogP contribution is 2.21. The second kappa shape index (κ2) is 8.33. The average Bonchev–Trinajstić information content (AvgIpc) is 3.22. The Balaban J connectivity index is 1.50. The van der Waals surface area contributed by atoms with E-state index in [0.717, 1.165) is 16.6 Å². The zero-order chi connectivity index (χ0) is 20.9. The van der Waals surface area contributed by atoms with Crippen molar-refractivity contribution in [2.24, 2.45) is 0 Å². The summed E-state index contributed by atoms with van der Waals surface area (Å²) in [4.78, 5) is 19.9. The first-order chi connectivity index (χ1) is 14.7. The molecule has 3 aromatic carbocycles. The second-order valence-corrected chi connectivity index (χ2v) is 6.46. The first kappa shape index (κ1) is 19.0. The number of rotatable bonds is 5. The number of hydrogen-bond donors (Lipinski definition) is 1. The first-order valence-corrected chi connectivity index (χ1v) is 9.19. The topological polar surface area (TPSA) is 88.0 Å². The van der Waals surface area contributed by atoms with E-state index >= 15 is 0 Å². The highest BCUT2D eigenvalue weighted by Gasteiger charge is 2.10. The van der Waals surface area contributed by atoms with Crippen LogP contribution in [0.5, 0.6) is 11.5 Å². The number of H-pyrrole nitrogens is 1. The molecular weight excluding hydrogens is 378 g/mol. The van der Waals surface area contributed by atoms with Gasteiger partial charge in [0.25, 0.3) is 0 Å². The van der Waals surface area contributed by atoms with Gasteiger partial charge in [-0.2, -0.15) is 5.26 Å². The number of imidazole rings is 1. The lowest BCUT2D eigenvalue weighted by atomic mass is 10.1. The largest absolute Gasteiger partial charge is 0.497 e. The van der Waals surface area contributed by atoms with Crippen molar-refractivity contribution in [1.82, 2.24) is 9.97 Å². The van der Waals surface area contributed by atoms with E-state index in [9.17, 15) is 10.1 Å². The average molecular weight is 395 g/mol. The van der Waals surface area contributed by atoms with Crippen molar-refractivity contribution < 1.29 is 14.3 Å². The number of nitriles is 1. The van der Waals surface area contributed by atoms with Crippen LogP contribution in [0.1, 0.15) is 21.7 Å². The summed E-state index contributed by atoms with van der Waals surface area (Å²) in [5, 5.41) is 9.55. The third-order valence-corrected chi connectivity index (χ3v) is 4.49. The number of aromatic nitrogens is 2. The summed E-state index contributed by atoms with van der Waals surface area (Å²) in [5.74, 6) is 1.13. The molecule has 1 heterocycles. The van der Waals surface area contributed by atoms with Gasteiger partial charge in [0.2, 0.25) is 0 Å². The van der Waals surface area contributed by atoms with Gasteiger partial charge in [0.05, 0.1) is 29.3 Å². The first-order valence-electron chi connectivity index (χ1n) is 9.19. The number of methoxy groups -OCH3 is 1. The number of nitrogens with one attached hydrogen (secondary N) is 1. The molecule has 0 radical (unpaired) electrons. The Kier molecular flexibility index (Phi) is 5.27. The lowest BCUT2D eigenvalue weighted by molar-refractivity contribution is 0.0734. The predicted molar refractivity (Wildman–Crippen MR) is 114 cm³/mol. The van der Waals surface area contributed by atoms with E-state index in [1.807, 2.05) is 24.3 Å². The minimum absolute atomic E-state index is 0.411. The number of ether oxygens (including phenoxy) is 2. The lowest BCUT2D eigenvalue weighted by Crippen LogP contribution is -2.08. The van der Waals surface area contributed by atoms with Crippen LogP contribution in [0.4, 0.5) is 0 Å². The maximum absolute atomic E-state index is 12.3. The highest BCUT2D eigenvalue weighted by atomic mass is 16.5. The maximum Gasteiger partial charge on any atom is 0.343 e. The predicted octanol–water partition coefficient (Wildman–Crippen LogP) is 4.85. The molecule has 0 saturated heterocycles. The maximum atomic E-state index is 12.3. The van der Waals surface area contributed by atoms with Crippen LogP contribution in [0, 0.1) is 11.3 Å². The number of hydrogen-bond acceptors (Lipinski definition) is 5. The van der Waals surface area contributed by atoms with Gasteiger partial charge in [0.15, 0.2) is 0 Å². The molecular formula is C24H17N3O3. The van der Waals surface area contributed by atoms with Crippen molar-refractivity contribution in [3.05, 3.63) is 89.7 Å². The molecule has 0 saturated carbocycles. The van der Waals surface area contributed by atoms with Gasteiger partial charge in [0.1, 0.15) is 23.4 Å². The van der Waals surface area contributed by atoms with Crippen LogP contribution in [0.25, 0.3) is 22.7 Å². The van der Waals surface area contributed by atoms with E-state index in [1.165, 1.54) is 0 Å². The van der Waals surface area contributed by atoms with E-state index in [0.29, 0.717) is 28.5 Å². The normalized spacial score (nSPS) is 11.1. The quantitative estimate of drug-likeness (QED) is 0.296. The summed E-state index contributed by atoms with van der Waals surface area (Å²) in [6.07, 6.45) is 1.73. The number of fused-ring (bicyclic) bond motifs is 1. The number of esters is 1.